The summed E-state index contributed by atoms with van der Waals surface area (Å²) < 4.78 is 0. The molecular formula is C17H11ClN2OS. The van der Waals surface area contributed by atoms with Crippen molar-refractivity contribution in [1.82, 2.24) is 9.97 Å². The fourth-order valence-electron chi connectivity index (χ4n) is 1.83. The number of nitrogens with zero attached hydrogens (tertiary/aromatic N) is 2. The van der Waals surface area contributed by atoms with Gasteiger partial charge in [-0.05, 0) is 36.4 Å². The number of allylic oxidation sites excluding steroid dienone is 1. The number of thiazole rings is 1. The van der Waals surface area contributed by atoms with Gasteiger partial charge in [-0.1, -0.05) is 29.8 Å². The van der Waals surface area contributed by atoms with Gasteiger partial charge in [-0.15, -0.1) is 11.3 Å². The van der Waals surface area contributed by atoms with Gasteiger partial charge in [0.2, 0.25) is 0 Å². The molecule has 0 fully saturated rings. The number of hydrogen-bond donors (Lipinski definition) is 0. The summed E-state index contributed by atoms with van der Waals surface area (Å²) in [6.45, 7) is 0. The predicted molar refractivity (Wildman–Crippen MR) is 90.2 cm³/mol. The zero-order valence-electron chi connectivity index (χ0n) is 11.4. The van der Waals surface area contributed by atoms with Gasteiger partial charge in [-0.25, -0.2) is 4.98 Å². The Morgan fingerprint density at radius 2 is 1.91 bits per heavy atom. The molecule has 0 unspecified atom stereocenters. The quantitative estimate of drug-likeness (QED) is 0.513. The van der Waals surface area contributed by atoms with Crippen molar-refractivity contribution in [2.75, 3.05) is 0 Å². The number of halogens is 1. The molecule has 0 aliphatic heterocycles. The fraction of sp³-hybridized carbons (Fsp3) is 0. The highest BCUT2D eigenvalue weighted by molar-refractivity contribution is 7.17. The van der Waals surface area contributed by atoms with E-state index in [1.165, 1.54) is 17.4 Å². The largest absolute Gasteiger partial charge is 0.288 e. The van der Waals surface area contributed by atoms with E-state index in [0.29, 0.717) is 9.90 Å². The molecule has 0 aliphatic rings. The minimum Gasteiger partial charge on any atom is -0.288 e. The van der Waals surface area contributed by atoms with Crippen molar-refractivity contribution in [3.05, 3.63) is 76.5 Å². The highest BCUT2D eigenvalue weighted by Gasteiger charge is 2.09. The third-order valence-corrected chi connectivity index (χ3v) is 4.25. The van der Waals surface area contributed by atoms with E-state index in [-0.39, 0.29) is 5.78 Å². The summed E-state index contributed by atoms with van der Waals surface area (Å²) in [4.78, 5) is 21.2. The number of ketones is 1. The number of hydrogen-bond acceptors (Lipinski definition) is 4. The molecule has 22 heavy (non-hydrogen) atoms. The van der Waals surface area contributed by atoms with Crippen LogP contribution in [0.4, 0.5) is 0 Å². The minimum atomic E-state index is -0.0802. The first-order valence-electron chi connectivity index (χ1n) is 6.57. The Hall–Kier alpha value is -2.30. The lowest BCUT2D eigenvalue weighted by Crippen LogP contribution is -1.89. The van der Waals surface area contributed by atoms with Gasteiger partial charge in [0.05, 0.1) is 10.6 Å². The number of benzene rings is 1. The van der Waals surface area contributed by atoms with E-state index < -0.39 is 0 Å². The van der Waals surface area contributed by atoms with Crippen molar-refractivity contribution in [3.63, 3.8) is 0 Å². The zero-order valence-corrected chi connectivity index (χ0v) is 13.0. The second-order valence-corrected chi connectivity index (χ2v) is 5.96. The maximum Gasteiger partial charge on any atom is 0.197 e. The van der Waals surface area contributed by atoms with Crippen molar-refractivity contribution in [2.24, 2.45) is 0 Å². The Bertz CT molecular complexity index is 810. The molecule has 0 bridgehead atoms. The third-order valence-electron chi connectivity index (χ3n) is 2.93. The van der Waals surface area contributed by atoms with Gasteiger partial charge in [-0.3, -0.25) is 9.78 Å². The van der Waals surface area contributed by atoms with Crippen LogP contribution in [0.3, 0.4) is 0 Å². The fourth-order valence-corrected chi connectivity index (χ4v) is 2.80. The first-order valence-corrected chi connectivity index (χ1v) is 7.77. The summed E-state index contributed by atoms with van der Waals surface area (Å²) >= 11 is 7.23. The SMILES string of the molecule is O=C(/C=C/c1ccccn1)c1cnc(-c2ccc(Cl)cc2)s1. The molecule has 2 heterocycles. The summed E-state index contributed by atoms with van der Waals surface area (Å²) in [5, 5.41) is 1.47. The summed E-state index contributed by atoms with van der Waals surface area (Å²) in [6, 6.07) is 12.9. The van der Waals surface area contributed by atoms with E-state index >= 15 is 0 Å². The molecule has 0 N–H and O–H groups in total. The van der Waals surface area contributed by atoms with Gasteiger partial charge >= 0.3 is 0 Å². The van der Waals surface area contributed by atoms with Gasteiger partial charge in [0.15, 0.2) is 5.78 Å². The molecule has 2 aromatic heterocycles. The van der Waals surface area contributed by atoms with E-state index in [1.54, 1.807) is 30.6 Å². The van der Waals surface area contributed by atoms with Gasteiger partial charge in [0.25, 0.3) is 0 Å². The summed E-state index contributed by atoms with van der Waals surface area (Å²) in [6.07, 6.45) is 6.50. The van der Waals surface area contributed by atoms with Gasteiger partial charge in [-0.2, -0.15) is 0 Å². The monoisotopic (exact) mass is 326 g/mol. The first-order chi connectivity index (χ1) is 10.7. The van der Waals surface area contributed by atoms with Crippen LogP contribution in [-0.4, -0.2) is 15.8 Å². The lowest BCUT2D eigenvalue weighted by molar-refractivity contribution is 0.105. The number of carbonyl (C=O) groups is 1. The summed E-state index contributed by atoms with van der Waals surface area (Å²) in [5.74, 6) is -0.0802. The Balaban J connectivity index is 1.77. The van der Waals surface area contributed by atoms with Crippen LogP contribution in [-0.2, 0) is 0 Å². The average molecular weight is 327 g/mol. The molecule has 0 spiro atoms. The third kappa shape index (κ3) is 3.47. The van der Waals surface area contributed by atoms with Gasteiger partial charge in [0.1, 0.15) is 5.01 Å². The molecule has 1 aromatic carbocycles. The standard InChI is InChI=1S/C17H11ClN2OS/c18-13-6-4-12(5-7-13)17-20-11-16(22-17)15(21)9-8-14-3-1-2-10-19-14/h1-11H/b9-8+. The number of rotatable bonds is 4. The second kappa shape index (κ2) is 6.64. The summed E-state index contributed by atoms with van der Waals surface area (Å²) in [7, 11) is 0. The molecule has 5 heteroatoms. The normalized spacial score (nSPS) is 11.0. The lowest BCUT2D eigenvalue weighted by Gasteiger charge is -1.95. The maximum atomic E-state index is 12.2. The van der Waals surface area contributed by atoms with Crippen molar-refractivity contribution < 1.29 is 4.79 Å². The highest BCUT2D eigenvalue weighted by Crippen LogP contribution is 2.26. The molecule has 108 valence electrons. The van der Waals surface area contributed by atoms with Crippen molar-refractivity contribution in [3.8, 4) is 10.6 Å². The van der Waals surface area contributed by atoms with E-state index in [9.17, 15) is 4.79 Å². The van der Waals surface area contributed by atoms with E-state index in [4.69, 9.17) is 11.6 Å². The number of carbonyl (C=O) groups excluding carboxylic acids is 1. The molecule has 0 amide bonds. The van der Waals surface area contributed by atoms with Crippen LogP contribution in [0.1, 0.15) is 15.4 Å². The molecular weight excluding hydrogens is 316 g/mol. The van der Waals surface area contributed by atoms with Crippen LogP contribution in [0, 0.1) is 0 Å². The Morgan fingerprint density at radius 1 is 1.09 bits per heavy atom. The van der Waals surface area contributed by atoms with E-state index in [0.717, 1.165) is 16.3 Å². The Labute approximate surface area is 136 Å². The van der Waals surface area contributed by atoms with Gasteiger partial charge in [0, 0.05) is 23.0 Å². The number of aromatic nitrogens is 2. The molecule has 0 radical (unpaired) electrons. The molecule has 0 atom stereocenters. The van der Waals surface area contributed by atoms with E-state index in [2.05, 4.69) is 9.97 Å². The predicted octanol–water partition coefficient (Wildman–Crippen LogP) is 4.75. The first kappa shape index (κ1) is 14.6. The van der Waals surface area contributed by atoms with Crippen molar-refractivity contribution >= 4 is 34.8 Å². The smallest absolute Gasteiger partial charge is 0.197 e. The highest BCUT2D eigenvalue weighted by atomic mass is 35.5. The van der Waals surface area contributed by atoms with Crippen LogP contribution in [0.15, 0.2) is 60.9 Å². The van der Waals surface area contributed by atoms with Crippen LogP contribution < -0.4 is 0 Å². The van der Waals surface area contributed by atoms with Crippen LogP contribution >= 0.6 is 22.9 Å². The van der Waals surface area contributed by atoms with Crippen LogP contribution in [0.5, 0.6) is 0 Å². The Kier molecular flexibility index (Phi) is 4.42. The maximum absolute atomic E-state index is 12.2. The number of pyridine rings is 1. The van der Waals surface area contributed by atoms with Gasteiger partial charge < -0.3 is 0 Å². The topological polar surface area (TPSA) is 42.9 Å². The van der Waals surface area contributed by atoms with E-state index in [1.807, 2.05) is 30.3 Å². The average Bonchev–Trinajstić information content (AvgIpc) is 3.04. The minimum absolute atomic E-state index is 0.0802. The molecule has 0 saturated carbocycles. The Morgan fingerprint density at radius 3 is 2.64 bits per heavy atom. The molecule has 3 nitrogen and oxygen atoms in total. The van der Waals surface area contributed by atoms with Crippen molar-refractivity contribution in [2.45, 2.75) is 0 Å². The van der Waals surface area contributed by atoms with Crippen LogP contribution in [0.25, 0.3) is 16.6 Å². The van der Waals surface area contributed by atoms with Crippen LogP contribution in [0.2, 0.25) is 5.02 Å². The zero-order chi connectivity index (χ0) is 15.4. The molecule has 3 aromatic rings. The van der Waals surface area contributed by atoms with Crippen molar-refractivity contribution in [1.29, 1.82) is 0 Å². The lowest BCUT2D eigenvalue weighted by atomic mass is 10.2. The molecule has 0 aliphatic carbocycles. The summed E-state index contributed by atoms with van der Waals surface area (Å²) in [5.41, 5.74) is 1.69. The second-order valence-electron chi connectivity index (χ2n) is 4.49. The molecule has 0 saturated heterocycles. The molecule has 3 rings (SSSR count).